The highest BCUT2D eigenvalue weighted by atomic mass is 15.5. The van der Waals surface area contributed by atoms with Gasteiger partial charge in [0.15, 0.2) is 5.82 Å². The maximum Gasteiger partial charge on any atom is 0.180 e. The topological polar surface area (TPSA) is 80.5 Å². The second-order valence-electron chi connectivity index (χ2n) is 3.41. The fourth-order valence-corrected chi connectivity index (χ4v) is 1.85. The maximum absolute atomic E-state index is 5.54. The fourth-order valence-electron chi connectivity index (χ4n) is 1.85. The smallest absolute Gasteiger partial charge is 0.180 e. The van der Waals surface area contributed by atoms with Gasteiger partial charge in [-0.15, -0.1) is 10.2 Å². The molecule has 1 saturated carbocycles. The zero-order chi connectivity index (χ0) is 8.44. The van der Waals surface area contributed by atoms with Gasteiger partial charge >= 0.3 is 0 Å². The molecular formula is C7H13N5. The summed E-state index contributed by atoms with van der Waals surface area (Å²) in [5.41, 5.74) is 5.70. The predicted octanol–water partition coefficient (Wildman–Crippen LogP) is -0.0298. The Kier molecular flexibility index (Phi) is 1.80. The van der Waals surface area contributed by atoms with Crippen LogP contribution in [0.2, 0.25) is 0 Å². The lowest BCUT2D eigenvalue weighted by molar-refractivity contribution is 0.215. The molecule has 0 aliphatic heterocycles. The molecule has 2 rings (SSSR count). The predicted molar refractivity (Wildman–Crippen MR) is 43.4 cm³/mol. The van der Waals surface area contributed by atoms with Crippen LogP contribution in [0.3, 0.4) is 0 Å². The molecule has 1 aliphatic carbocycles. The fraction of sp³-hybridized carbons (Fsp3) is 0.857. The molecule has 0 radical (unpaired) electrons. The number of nitrogens with two attached hydrogens (primary N) is 1. The van der Waals surface area contributed by atoms with E-state index >= 15 is 0 Å². The number of hydrogen-bond donors (Lipinski definition) is 2. The summed E-state index contributed by atoms with van der Waals surface area (Å²) in [5.74, 6) is 0.846. The first kappa shape index (κ1) is 7.67. The van der Waals surface area contributed by atoms with E-state index in [2.05, 4.69) is 20.6 Å². The van der Waals surface area contributed by atoms with Crippen molar-refractivity contribution in [2.24, 2.45) is 5.73 Å². The normalized spacial score (nSPS) is 20.4. The molecule has 0 aromatic carbocycles. The van der Waals surface area contributed by atoms with E-state index in [1.54, 1.807) is 0 Å². The molecule has 66 valence electrons. The molecule has 3 N–H and O–H groups in total. The molecule has 0 atom stereocenters. The molecule has 0 bridgehead atoms. The van der Waals surface area contributed by atoms with Crippen molar-refractivity contribution in [2.75, 3.05) is 6.54 Å². The third-order valence-electron chi connectivity index (χ3n) is 2.75. The first-order valence-corrected chi connectivity index (χ1v) is 4.31. The standard InChI is InChI=1S/C7H13N5/c8-5-4-7(2-1-3-7)6-9-11-12-10-6/h1-5,8H2,(H,9,10,11,12). The van der Waals surface area contributed by atoms with Crippen molar-refractivity contribution in [2.45, 2.75) is 31.1 Å². The van der Waals surface area contributed by atoms with Gasteiger partial charge in [-0.2, -0.15) is 5.21 Å². The van der Waals surface area contributed by atoms with E-state index in [-0.39, 0.29) is 5.41 Å². The summed E-state index contributed by atoms with van der Waals surface area (Å²) < 4.78 is 0. The molecule has 0 saturated heterocycles. The van der Waals surface area contributed by atoms with E-state index < -0.39 is 0 Å². The van der Waals surface area contributed by atoms with Crippen LogP contribution in [0, 0.1) is 0 Å². The lowest BCUT2D eigenvalue weighted by Crippen LogP contribution is -2.37. The van der Waals surface area contributed by atoms with Crippen molar-refractivity contribution in [3.05, 3.63) is 5.82 Å². The van der Waals surface area contributed by atoms with Crippen LogP contribution in [-0.4, -0.2) is 27.2 Å². The Morgan fingerprint density at radius 3 is 2.75 bits per heavy atom. The summed E-state index contributed by atoms with van der Waals surface area (Å²) in [4.78, 5) is 0. The Labute approximate surface area is 70.7 Å². The summed E-state index contributed by atoms with van der Waals surface area (Å²) in [5, 5.41) is 14.1. The minimum atomic E-state index is 0.155. The van der Waals surface area contributed by atoms with Crippen LogP contribution < -0.4 is 5.73 Å². The lowest BCUT2D eigenvalue weighted by Gasteiger charge is -2.38. The first-order chi connectivity index (χ1) is 5.87. The van der Waals surface area contributed by atoms with Crippen molar-refractivity contribution in [1.29, 1.82) is 0 Å². The molecule has 5 heteroatoms. The van der Waals surface area contributed by atoms with Gasteiger partial charge in [-0.3, -0.25) is 0 Å². The Morgan fingerprint density at radius 1 is 1.50 bits per heavy atom. The highest BCUT2D eigenvalue weighted by molar-refractivity contribution is 5.10. The van der Waals surface area contributed by atoms with E-state index in [9.17, 15) is 0 Å². The Hall–Kier alpha value is -0.970. The third-order valence-corrected chi connectivity index (χ3v) is 2.75. The number of aromatic amines is 1. The number of nitrogens with zero attached hydrogens (tertiary/aromatic N) is 3. The Balaban J connectivity index is 2.17. The molecule has 1 fully saturated rings. The second-order valence-corrected chi connectivity index (χ2v) is 3.41. The molecule has 0 amide bonds. The summed E-state index contributed by atoms with van der Waals surface area (Å²) in [7, 11) is 0. The molecule has 1 aliphatic rings. The Morgan fingerprint density at radius 2 is 2.33 bits per heavy atom. The average molecular weight is 167 g/mol. The van der Waals surface area contributed by atoms with Crippen LogP contribution in [0.15, 0.2) is 0 Å². The van der Waals surface area contributed by atoms with E-state index in [1.807, 2.05) is 0 Å². The van der Waals surface area contributed by atoms with Crippen LogP contribution in [0.5, 0.6) is 0 Å². The van der Waals surface area contributed by atoms with Gasteiger partial charge < -0.3 is 5.73 Å². The monoisotopic (exact) mass is 167 g/mol. The number of rotatable bonds is 3. The van der Waals surface area contributed by atoms with Crippen LogP contribution in [0.1, 0.15) is 31.5 Å². The molecule has 0 unspecified atom stereocenters. The van der Waals surface area contributed by atoms with E-state index in [1.165, 1.54) is 6.42 Å². The van der Waals surface area contributed by atoms with Gasteiger partial charge in [0.1, 0.15) is 0 Å². The maximum atomic E-state index is 5.54. The Bertz CT molecular complexity index is 238. The van der Waals surface area contributed by atoms with Crippen molar-refractivity contribution in [1.82, 2.24) is 20.6 Å². The zero-order valence-electron chi connectivity index (χ0n) is 6.95. The van der Waals surface area contributed by atoms with Gasteiger partial charge in [0.2, 0.25) is 0 Å². The molecule has 1 aromatic rings. The van der Waals surface area contributed by atoms with E-state index in [4.69, 9.17) is 5.73 Å². The highest BCUT2D eigenvalue weighted by Crippen LogP contribution is 2.44. The second kappa shape index (κ2) is 2.82. The summed E-state index contributed by atoms with van der Waals surface area (Å²) >= 11 is 0. The summed E-state index contributed by atoms with van der Waals surface area (Å²) in [6.45, 7) is 0.703. The SMILES string of the molecule is NCCC1(c2nn[nH]n2)CCC1. The molecule has 12 heavy (non-hydrogen) atoms. The van der Waals surface area contributed by atoms with Crippen LogP contribution >= 0.6 is 0 Å². The number of hydrogen-bond acceptors (Lipinski definition) is 4. The average Bonchev–Trinajstić information content (AvgIpc) is 2.48. The van der Waals surface area contributed by atoms with Gasteiger partial charge in [-0.05, 0) is 25.8 Å². The number of aromatic nitrogens is 4. The highest BCUT2D eigenvalue weighted by Gasteiger charge is 2.41. The lowest BCUT2D eigenvalue weighted by atomic mass is 9.66. The minimum absolute atomic E-state index is 0.155. The quantitative estimate of drug-likeness (QED) is 0.662. The molecule has 1 heterocycles. The van der Waals surface area contributed by atoms with Crippen LogP contribution in [-0.2, 0) is 5.41 Å². The molecular weight excluding hydrogens is 154 g/mol. The number of nitrogens with one attached hydrogen (secondary N) is 1. The van der Waals surface area contributed by atoms with Crippen LogP contribution in [0.25, 0.3) is 0 Å². The molecule has 5 nitrogen and oxygen atoms in total. The molecule has 0 spiro atoms. The van der Waals surface area contributed by atoms with Gasteiger partial charge in [0.25, 0.3) is 0 Å². The van der Waals surface area contributed by atoms with Gasteiger partial charge in [-0.25, -0.2) is 0 Å². The summed E-state index contributed by atoms with van der Waals surface area (Å²) in [6.07, 6.45) is 4.55. The van der Waals surface area contributed by atoms with E-state index in [0.717, 1.165) is 25.1 Å². The van der Waals surface area contributed by atoms with Gasteiger partial charge in [0.05, 0.1) is 0 Å². The first-order valence-electron chi connectivity index (χ1n) is 4.31. The van der Waals surface area contributed by atoms with Crippen molar-refractivity contribution in [3.63, 3.8) is 0 Å². The largest absolute Gasteiger partial charge is 0.330 e. The van der Waals surface area contributed by atoms with Crippen LogP contribution in [0.4, 0.5) is 0 Å². The third kappa shape index (κ3) is 1.01. The van der Waals surface area contributed by atoms with Crippen molar-refractivity contribution < 1.29 is 0 Å². The van der Waals surface area contributed by atoms with E-state index in [0.29, 0.717) is 6.54 Å². The van der Waals surface area contributed by atoms with Crippen molar-refractivity contribution >= 4 is 0 Å². The minimum Gasteiger partial charge on any atom is -0.330 e. The number of tetrazole rings is 1. The zero-order valence-corrected chi connectivity index (χ0v) is 6.95. The number of H-pyrrole nitrogens is 1. The molecule has 1 aromatic heterocycles. The van der Waals surface area contributed by atoms with Gasteiger partial charge in [0, 0.05) is 5.41 Å². The van der Waals surface area contributed by atoms with Gasteiger partial charge in [-0.1, -0.05) is 11.6 Å². The van der Waals surface area contributed by atoms with Crippen molar-refractivity contribution in [3.8, 4) is 0 Å². The summed E-state index contributed by atoms with van der Waals surface area (Å²) in [6, 6.07) is 0.